The zero-order valence-corrected chi connectivity index (χ0v) is 14.9. The SMILES string of the molecule is Clc1cccc(CCNc2cnnc(NCc3ccccc3Cl)n2)c1. The lowest BCUT2D eigenvalue weighted by atomic mass is 10.1. The van der Waals surface area contributed by atoms with Gasteiger partial charge in [-0.25, -0.2) is 0 Å². The molecular formula is C18H17Cl2N5. The van der Waals surface area contributed by atoms with Crippen molar-refractivity contribution in [2.75, 3.05) is 17.2 Å². The van der Waals surface area contributed by atoms with Crippen LogP contribution in [0.1, 0.15) is 11.1 Å². The van der Waals surface area contributed by atoms with Crippen LogP contribution in [0.25, 0.3) is 0 Å². The number of halogens is 2. The Morgan fingerprint density at radius 1 is 0.960 bits per heavy atom. The third kappa shape index (κ3) is 5.31. The highest BCUT2D eigenvalue weighted by atomic mass is 35.5. The smallest absolute Gasteiger partial charge is 0.244 e. The van der Waals surface area contributed by atoms with Gasteiger partial charge in [0.15, 0.2) is 5.82 Å². The molecule has 0 unspecified atom stereocenters. The topological polar surface area (TPSA) is 62.7 Å². The average molecular weight is 374 g/mol. The minimum Gasteiger partial charge on any atom is -0.368 e. The lowest BCUT2D eigenvalue weighted by Gasteiger charge is -2.08. The minimum absolute atomic E-state index is 0.452. The van der Waals surface area contributed by atoms with Gasteiger partial charge in [-0.15, -0.1) is 5.10 Å². The number of nitrogens with zero attached hydrogens (tertiary/aromatic N) is 3. The number of nitrogens with one attached hydrogen (secondary N) is 2. The van der Waals surface area contributed by atoms with E-state index < -0.39 is 0 Å². The Bertz CT molecular complexity index is 841. The van der Waals surface area contributed by atoms with Crippen molar-refractivity contribution in [3.05, 3.63) is 75.9 Å². The summed E-state index contributed by atoms with van der Waals surface area (Å²) in [6, 6.07) is 15.5. The summed E-state index contributed by atoms with van der Waals surface area (Å²) in [7, 11) is 0. The minimum atomic E-state index is 0.452. The second-order valence-corrected chi connectivity index (χ2v) is 6.26. The van der Waals surface area contributed by atoms with Gasteiger partial charge in [0.25, 0.3) is 0 Å². The molecule has 1 aromatic heterocycles. The first kappa shape index (κ1) is 17.5. The fourth-order valence-electron chi connectivity index (χ4n) is 2.31. The van der Waals surface area contributed by atoms with Crippen LogP contribution in [0.15, 0.2) is 54.7 Å². The molecule has 0 amide bonds. The van der Waals surface area contributed by atoms with Gasteiger partial charge < -0.3 is 10.6 Å². The number of rotatable bonds is 7. The zero-order valence-electron chi connectivity index (χ0n) is 13.4. The van der Waals surface area contributed by atoms with Crippen LogP contribution in [-0.4, -0.2) is 21.7 Å². The summed E-state index contributed by atoms with van der Waals surface area (Å²) in [5.74, 6) is 1.12. The predicted molar refractivity (Wildman–Crippen MR) is 102 cm³/mol. The van der Waals surface area contributed by atoms with Crippen molar-refractivity contribution in [1.29, 1.82) is 0 Å². The molecule has 128 valence electrons. The summed E-state index contributed by atoms with van der Waals surface area (Å²) < 4.78 is 0. The Balaban J connectivity index is 1.53. The summed E-state index contributed by atoms with van der Waals surface area (Å²) in [4.78, 5) is 4.40. The van der Waals surface area contributed by atoms with Gasteiger partial charge in [0.1, 0.15) is 0 Å². The first-order chi connectivity index (χ1) is 12.2. The lowest BCUT2D eigenvalue weighted by molar-refractivity contribution is 0.929. The van der Waals surface area contributed by atoms with Crippen molar-refractivity contribution in [3.8, 4) is 0 Å². The number of hydrogen-bond acceptors (Lipinski definition) is 5. The molecule has 0 aliphatic carbocycles. The van der Waals surface area contributed by atoms with Gasteiger partial charge in [0, 0.05) is 23.1 Å². The molecule has 0 fully saturated rings. The van der Waals surface area contributed by atoms with Gasteiger partial charge in [-0.2, -0.15) is 10.1 Å². The van der Waals surface area contributed by atoms with Crippen LogP contribution in [-0.2, 0) is 13.0 Å². The number of aromatic nitrogens is 3. The van der Waals surface area contributed by atoms with Crippen molar-refractivity contribution in [2.45, 2.75) is 13.0 Å². The molecule has 0 aliphatic heterocycles. The van der Waals surface area contributed by atoms with E-state index in [0.717, 1.165) is 23.6 Å². The van der Waals surface area contributed by atoms with Gasteiger partial charge in [-0.1, -0.05) is 53.5 Å². The van der Waals surface area contributed by atoms with Crippen LogP contribution in [0.2, 0.25) is 10.0 Å². The Morgan fingerprint density at radius 3 is 2.68 bits per heavy atom. The highest BCUT2D eigenvalue weighted by molar-refractivity contribution is 6.31. The maximum absolute atomic E-state index is 6.14. The third-order valence-electron chi connectivity index (χ3n) is 3.56. The molecule has 0 saturated carbocycles. The van der Waals surface area contributed by atoms with E-state index in [1.807, 2.05) is 48.5 Å². The molecule has 0 bridgehead atoms. The van der Waals surface area contributed by atoms with Gasteiger partial charge in [-0.05, 0) is 35.7 Å². The van der Waals surface area contributed by atoms with Crippen molar-refractivity contribution in [2.24, 2.45) is 0 Å². The molecule has 1 heterocycles. The Morgan fingerprint density at radius 2 is 1.84 bits per heavy atom. The summed E-state index contributed by atoms with van der Waals surface area (Å²) in [6.07, 6.45) is 2.44. The molecular weight excluding hydrogens is 357 g/mol. The summed E-state index contributed by atoms with van der Waals surface area (Å²) >= 11 is 12.1. The maximum Gasteiger partial charge on any atom is 0.244 e. The van der Waals surface area contributed by atoms with Crippen LogP contribution < -0.4 is 10.6 Å². The van der Waals surface area contributed by atoms with Crippen molar-refractivity contribution in [3.63, 3.8) is 0 Å². The molecule has 3 aromatic rings. The molecule has 0 aliphatic rings. The van der Waals surface area contributed by atoms with E-state index in [2.05, 4.69) is 25.8 Å². The van der Waals surface area contributed by atoms with Crippen LogP contribution in [0.4, 0.5) is 11.8 Å². The van der Waals surface area contributed by atoms with Gasteiger partial charge in [-0.3, -0.25) is 0 Å². The fourth-order valence-corrected chi connectivity index (χ4v) is 2.72. The zero-order chi connectivity index (χ0) is 17.5. The van der Waals surface area contributed by atoms with Crippen LogP contribution in [0.5, 0.6) is 0 Å². The summed E-state index contributed by atoms with van der Waals surface area (Å²) in [5, 5.41) is 15.8. The molecule has 7 heteroatoms. The highest BCUT2D eigenvalue weighted by Gasteiger charge is 2.03. The van der Waals surface area contributed by atoms with E-state index >= 15 is 0 Å². The maximum atomic E-state index is 6.14. The van der Waals surface area contributed by atoms with E-state index in [0.29, 0.717) is 23.3 Å². The fraction of sp³-hybridized carbons (Fsp3) is 0.167. The predicted octanol–water partition coefficient (Wildman–Crippen LogP) is 4.45. The number of benzene rings is 2. The molecule has 2 N–H and O–H groups in total. The van der Waals surface area contributed by atoms with E-state index in [-0.39, 0.29) is 0 Å². The van der Waals surface area contributed by atoms with Crippen molar-refractivity contribution >= 4 is 35.0 Å². The van der Waals surface area contributed by atoms with E-state index in [9.17, 15) is 0 Å². The lowest BCUT2D eigenvalue weighted by Crippen LogP contribution is -2.10. The van der Waals surface area contributed by atoms with Crippen LogP contribution in [0.3, 0.4) is 0 Å². The van der Waals surface area contributed by atoms with Gasteiger partial charge in [0.05, 0.1) is 6.20 Å². The third-order valence-corrected chi connectivity index (χ3v) is 4.17. The highest BCUT2D eigenvalue weighted by Crippen LogP contribution is 2.16. The molecule has 25 heavy (non-hydrogen) atoms. The first-order valence-electron chi connectivity index (χ1n) is 7.86. The first-order valence-corrected chi connectivity index (χ1v) is 8.61. The Kier molecular flexibility index (Phi) is 6.04. The van der Waals surface area contributed by atoms with Crippen molar-refractivity contribution in [1.82, 2.24) is 15.2 Å². The van der Waals surface area contributed by atoms with E-state index in [1.54, 1.807) is 6.20 Å². The van der Waals surface area contributed by atoms with Crippen LogP contribution >= 0.6 is 23.2 Å². The molecule has 5 nitrogen and oxygen atoms in total. The number of hydrogen-bond donors (Lipinski definition) is 2. The van der Waals surface area contributed by atoms with Crippen molar-refractivity contribution < 1.29 is 0 Å². The molecule has 0 radical (unpaired) electrons. The second kappa shape index (κ2) is 8.65. The van der Waals surface area contributed by atoms with E-state index in [4.69, 9.17) is 23.2 Å². The second-order valence-electron chi connectivity index (χ2n) is 5.42. The van der Waals surface area contributed by atoms with Crippen LogP contribution in [0, 0.1) is 0 Å². The monoisotopic (exact) mass is 373 g/mol. The standard InChI is InChI=1S/C18H17Cl2N5/c19-15-6-3-4-13(10-15)8-9-21-17-12-23-25-18(24-17)22-11-14-5-1-2-7-16(14)20/h1-7,10,12H,8-9,11H2,(H2,21,22,24,25). The van der Waals surface area contributed by atoms with E-state index in [1.165, 1.54) is 5.56 Å². The Labute approximate surface area is 156 Å². The largest absolute Gasteiger partial charge is 0.368 e. The van der Waals surface area contributed by atoms with Gasteiger partial charge >= 0.3 is 0 Å². The summed E-state index contributed by atoms with van der Waals surface area (Å²) in [5.41, 5.74) is 2.14. The molecule has 0 atom stereocenters. The molecule has 0 spiro atoms. The Hall–Kier alpha value is -2.37. The number of anilines is 2. The normalized spacial score (nSPS) is 10.5. The molecule has 2 aromatic carbocycles. The quantitative estimate of drug-likeness (QED) is 0.640. The average Bonchev–Trinajstić information content (AvgIpc) is 2.62. The summed E-state index contributed by atoms with van der Waals surface area (Å²) in [6.45, 7) is 1.26. The van der Waals surface area contributed by atoms with Gasteiger partial charge in [0.2, 0.25) is 5.95 Å². The molecule has 3 rings (SSSR count). The molecule has 0 saturated heterocycles.